The first-order valence-electron chi connectivity index (χ1n) is 8.22. The van der Waals surface area contributed by atoms with E-state index in [-0.39, 0.29) is 11.8 Å². The molecule has 1 unspecified atom stereocenters. The van der Waals surface area contributed by atoms with Crippen molar-refractivity contribution in [1.82, 2.24) is 15.2 Å². The fourth-order valence-electron chi connectivity index (χ4n) is 3.09. The number of fused-ring (bicyclic) bond motifs is 1. The molecule has 0 aliphatic carbocycles. The lowest BCUT2D eigenvalue weighted by molar-refractivity contribution is -0.117. The van der Waals surface area contributed by atoms with E-state index in [1.54, 1.807) is 6.20 Å². The fourth-order valence-corrected chi connectivity index (χ4v) is 3.09. The number of nitrogens with zero attached hydrogens (tertiary/aromatic N) is 2. The maximum absolute atomic E-state index is 12.0. The molecule has 1 amide bonds. The van der Waals surface area contributed by atoms with E-state index in [0.717, 1.165) is 22.5 Å². The second-order valence-electron chi connectivity index (χ2n) is 6.03. The van der Waals surface area contributed by atoms with Crippen molar-refractivity contribution < 1.29 is 9.53 Å². The second-order valence-corrected chi connectivity index (χ2v) is 6.03. The molecule has 0 saturated carbocycles. The van der Waals surface area contributed by atoms with Crippen LogP contribution in [0.1, 0.15) is 23.5 Å². The van der Waals surface area contributed by atoms with E-state index in [9.17, 15) is 4.79 Å². The molecule has 1 aliphatic heterocycles. The molecule has 0 fully saturated rings. The van der Waals surface area contributed by atoms with Gasteiger partial charge in [0.2, 0.25) is 5.91 Å². The summed E-state index contributed by atoms with van der Waals surface area (Å²) in [6.07, 6.45) is 2.12. The van der Waals surface area contributed by atoms with Crippen LogP contribution in [0.2, 0.25) is 0 Å². The van der Waals surface area contributed by atoms with E-state index in [4.69, 9.17) is 4.74 Å². The number of anilines is 1. The van der Waals surface area contributed by atoms with Crippen LogP contribution in [0.3, 0.4) is 0 Å². The third-order valence-electron chi connectivity index (χ3n) is 4.25. The number of rotatable bonds is 5. The molecule has 0 bridgehead atoms. The molecule has 3 heterocycles. The molecule has 4 rings (SSSR count). The summed E-state index contributed by atoms with van der Waals surface area (Å²) in [5, 5.41) is 10.1. The molecule has 126 valence electrons. The molecule has 0 radical (unpaired) electrons. The van der Waals surface area contributed by atoms with Crippen molar-refractivity contribution >= 4 is 11.7 Å². The van der Waals surface area contributed by atoms with Gasteiger partial charge in [0, 0.05) is 24.1 Å². The number of carbonyl (C=O) groups excluding carboxylic acids is 1. The highest BCUT2D eigenvalue weighted by molar-refractivity contribution is 5.95. The van der Waals surface area contributed by atoms with Crippen LogP contribution >= 0.6 is 0 Å². The van der Waals surface area contributed by atoms with Gasteiger partial charge in [0.05, 0.1) is 24.6 Å². The Morgan fingerprint density at radius 2 is 1.96 bits per heavy atom. The molecule has 1 aromatic carbocycles. The lowest BCUT2D eigenvalue weighted by atomic mass is 9.91. The Balaban J connectivity index is 1.56. The maximum atomic E-state index is 12.0. The minimum atomic E-state index is -0.0526. The lowest BCUT2D eigenvalue weighted by Crippen LogP contribution is -2.25. The van der Waals surface area contributed by atoms with Crippen LogP contribution in [0, 0.1) is 0 Å². The summed E-state index contributed by atoms with van der Waals surface area (Å²) >= 11 is 0. The number of nitrogens with one attached hydrogen (secondary N) is 2. The summed E-state index contributed by atoms with van der Waals surface area (Å²) < 4.78 is 5.88. The average Bonchev–Trinajstić information content (AvgIpc) is 3.07. The van der Waals surface area contributed by atoms with Crippen molar-refractivity contribution in [3.63, 3.8) is 0 Å². The molecule has 0 saturated heterocycles. The third kappa shape index (κ3) is 3.29. The van der Waals surface area contributed by atoms with Crippen LogP contribution in [-0.4, -0.2) is 27.7 Å². The Morgan fingerprint density at radius 3 is 2.76 bits per heavy atom. The van der Waals surface area contributed by atoms with Crippen LogP contribution in [0.5, 0.6) is 0 Å². The van der Waals surface area contributed by atoms with Gasteiger partial charge in [-0.3, -0.25) is 14.9 Å². The number of aromatic amines is 1. The number of amides is 1. The minimum absolute atomic E-state index is 0.0418. The van der Waals surface area contributed by atoms with E-state index in [0.29, 0.717) is 25.5 Å². The maximum Gasteiger partial charge on any atom is 0.226 e. The molecule has 1 aliphatic rings. The Morgan fingerprint density at radius 1 is 1.12 bits per heavy atom. The molecule has 1 atom stereocenters. The van der Waals surface area contributed by atoms with Crippen molar-refractivity contribution in [2.45, 2.75) is 18.9 Å². The number of aromatic nitrogens is 3. The summed E-state index contributed by atoms with van der Waals surface area (Å²) in [6, 6.07) is 15.7. The largest absolute Gasteiger partial charge is 0.376 e. The third-order valence-corrected chi connectivity index (χ3v) is 4.25. The number of pyridine rings is 1. The molecule has 6 nitrogen and oxygen atoms in total. The monoisotopic (exact) mass is 334 g/mol. The summed E-state index contributed by atoms with van der Waals surface area (Å²) in [4.78, 5) is 16.4. The SMILES string of the molecule is O=C1CC(COCc2ccccc2)c2c(n[nH]c2-c2ccccn2)N1. The Kier molecular flexibility index (Phi) is 4.26. The standard InChI is InChI=1S/C19H18N4O2/c24-16-10-14(12-25-11-13-6-2-1-3-7-13)17-18(22-23-19(17)21-16)15-8-4-5-9-20-15/h1-9,14H,10-12H2,(H2,21,22,23,24). The minimum Gasteiger partial charge on any atom is -0.376 e. The quantitative estimate of drug-likeness (QED) is 0.751. The number of hydrogen-bond acceptors (Lipinski definition) is 4. The zero-order valence-electron chi connectivity index (χ0n) is 13.6. The van der Waals surface area contributed by atoms with Gasteiger partial charge in [-0.2, -0.15) is 5.10 Å². The van der Waals surface area contributed by atoms with Crippen LogP contribution < -0.4 is 5.32 Å². The highest BCUT2D eigenvalue weighted by Gasteiger charge is 2.31. The highest BCUT2D eigenvalue weighted by Crippen LogP contribution is 2.37. The summed E-state index contributed by atoms with van der Waals surface area (Å²) in [6.45, 7) is 0.972. The van der Waals surface area contributed by atoms with Gasteiger partial charge in [0.15, 0.2) is 5.82 Å². The number of H-pyrrole nitrogens is 1. The molecule has 2 N–H and O–H groups in total. The predicted octanol–water partition coefficient (Wildman–Crippen LogP) is 3.11. The molecular weight excluding hydrogens is 316 g/mol. The van der Waals surface area contributed by atoms with Crippen LogP contribution in [0.15, 0.2) is 54.7 Å². The molecule has 6 heteroatoms. The number of ether oxygens (including phenoxy) is 1. The second kappa shape index (κ2) is 6.86. The zero-order valence-corrected chi connectivity index (χ0v) is 13.6. The van der Waals surface area contributed by atoms with E-state index in [1.807, 2.05) is 48.5 Å². The van der Waals surface area contributed by atoms with E-state index >= 15 is 0 Å². The topological polar surface area (TPSA) is 79.9 Å². The van der Waals surface area contributed by atoms with Gasteiger partial charge in [-0.25, -0.2) is 0 Å². The number of benzene rings is 1. The first-order valence-corrected chi connectivity index (χ1v) is 8.22. The molecule has 2 aromatic heterocycles. The first kappa shape index (κ1) is 15.5. The smallest absolute Gasteiger partial charge is 0.226 e. The van der Waals surface area contributed by atoms with Crippen molar-refractivity contribution in [2.24, 2.45) is 0 Å². The van der Waals surface area contributed by atoms with Crippen LogP contribution in [0.25, 0.3) is 11.4 Å². The van der Waals surface area contributed by atoms with Crippen molar-refractivity contribution in [1.29, 1.82) is 0 Å². The molecule has 3 aromatic rings. The van der Waals surface area contributed by atoms with Gasteiger partial charge >= 0.3 is 0 Å². The van der Waals surface area contributed by atoms with Gasteiger partial charge in [0.25, 0.3) is 0 Å². The normalized spacial score (nSPS) is 16.3. The zero-order chi connectivity index (χ0) is 17.1. The van der Waals surface area contributed by atoms with Gasteiger partial charge < -0.3 is 10.1 Å². The number of hydrogen-bond donors (Lipinski definition) is 2. The summed E-state index contributed by atoms with van der Waals surface area (Å²) in [5.41, 5.74) is 3.72. The van der Waals surface area contributed by atoms with Crippen LogP contribution in [-0.2, 0) is 16.1 Å². The Labute approximate surface area is 145 Å². The van der Waals surface area contributed by atoms with Gasteiger partial charge in [-0.05, 0) is 17.7 Å². The van der Waals surface area contributed by atoms with E-state index in [2.05, 4.69) is 20.5 Å². The van der Waals surface area contributed by atoms with E-state index in [1.165, 1.54) is 0 Å². The molecular formula is C19H18N4O2. The molecule has 25 heavy (non-hydrogen) atoms. The molecule has 0 spiro atoms. The van der Waals surface area contributed by atoms with Gasteiger partial charge in [-0.15, -0.1) is 0 Å². The van der Waals surface area contributed by atoms with E-state index < -0.39 is 0 Å². The Hall–Kier alpha value is -2.99. The van der Waals surface area contributed by atoms with Gasteiger partial charge in [-0.1, -0.05) is 36.4 Å². The summed E-state index contributed by atoms with van der Waals surface area (Å²) in [5.74, 6) is 0.480. The lowest BCUT2D eigenvalue weighted by Gasteiger charge is -2.22. The van der Waals surface area contributed by atoms with Crippen molar-refractivity contribution in [3.05, 3.63) is 65.9 Å². The predicted molar refractivity (Wildman–Crippen MR) is 93.9 cm³/mol. The number of carbonyl (C=O) groups is 1. The first-order chi connectivity index (χ1) is 12.3. The van der Waals surface area contributed by atoms with Gasteiger partial charge in [0.1, 0.15) is 0 Å². The fraction of sp³-hybridized carbons (Fsp3) is 0.211. The average molecular weight is 334 g/mol. The van der Waals surface area contributed by atoms with Crippen molar-refractivity contribution in [3.8, 4) is 11.4 Å². The highest BCUT2D eigenvalue weighted by atomic mass is 16.5. The van der Waals surface area contributed by atoms with Crippen molar-refractivity contribution in [2.75, 3.05) is 11.9 Å². The Bertz CT molecular complexity index is 862. The summed E-state index contributed by atoms with van der Waals surface area (Å²) in [7, 11) is 0. The van der Waals surface area contributed by atoms with Crippen LogP contribution in [0.4, 0.5) is 5.82 Å².